The van der Waals surface area contributed by atoms with Crippen LogP contribution in [0.1, 0.15) is 43.4 Å². The number of aryl methyl sites for hydroxylation is 3. The van der Waals surface area contributed by atoms with Gasteiger partial charge in [-0.15, -0.1) is 0 Å². The number of nitrogens with one attached hydrogen (secondary N) is 1. The molecule has 0 aliphatic carbocycles. The van der Waals surface area contributed by atoms with E-state index >= 15 is 0 Å². The molecule has 0 aliphatic heterocycles. The molecule has 0 radical (unpaired) electrons. The third-order valence-corrected chi connectivity index (χ3v) is 3.70. The van der Waals surface area contributed by atoms with E-state index in [-0.39, 0.29) is 5.91 Å². The summed E-state index contributed by atoms with van der Waals surface area (Å²) < 4.78 is 10.2. The van der Waals surface area contributed by atoms with Crippen molar-refractivity contribution < 1.29 is 18.7 Å². The van der Waals surface area contributed by atoms with Crippen molar-refractivity contribution in [2.45, 2.75) is 27.7 Å². The highest BCUT2D eigenvalue weighted by Gasteiger charge is 2.19. The van der Waals surface area contributed by atoms with Gasteiger partial charge in [-0.2, -0.15) is 0 Å². The van der Waals surface area contributed by atoms with Crippen LogP contribution in [0.5, 0.6) is 0 Å². The number of esters is 1. The van der Waals surface area contributed by atoms with Crippen molar-refractivity contribution in [3.63, 3.8) is 0 Å². The quantitative estimate of drug-likeness (QED) is 0.880. The van der Waals surface area contributed by atoms with E-state index in [1.807, 2.05) is 20.8 Å². The van der Waals surface area contributed by atoms with E-state index in [4.69, 9.17) is 9.15 Å². The number of hydrogen-bond acceptors (Lipinski definition) is 4. The molecular weight excluding hydrogens is 282 g/mol. The third kappa shape index (κ3) is 2.88. The number of hydrogen-bond donors (Lipinski definition) is 1. The Morgan fingerprint density at radius 3 is 2.32 bits per heavy atom. The molecule has 2 rings (SSSR count). The molecule has 116 valence electrons. The maximum Gasteiger partial charge on any atom is 0.337 e. The van der Waals surface area contributed by atoms with E-state index in [1.165, 1.54) is 7.11 Å². The number of carbonyl (C=O) groups is 2. The zero-order valence-electron chi connectivity index (χ0n) is 13.4. The van der Waals surface area contributed by atoms with E-state index in [0.717, 1.165) is 16.9 Å². The number of ether oxygens (including phenoxy) is 1. The van der Waals surface area contributed by atoms with Crippen molar-refractivity contribution in [2.75, 3.05) is 12.4 Å². The molecule has 1 aromatic carbocycles. The number of anilines is 1. The van der Waals surface area contributed by atoms with Gasteiger partial charge in [-0.1, -0.05) is 6.07 Å². The molecule has 5 nitrogen and oxygen atoms in total. The Hall–Kier alpha value is -2.56. The summed E-state index contributed by atoms with van der Waals surface area (Å²) in [6, 6.07) is 5.04. The fraction of sp³-hybridized carbons (Fsp3) is 0.294. The van der Waals surface area contributed by atoms with Crippen LogP contribution in [0.15, 0.2) is 22.6 Å². The molecule has 0 unspecified atom stereocenters. The largest absolute Gasteiger partial charge is 0.466 e. The number of methoxy groups -OCH3 is 1. The van der Waals surface area contributed by atoms with E-state index in [0.29, 0.717) is 22.6 Å². The van der Waals surface area contributed by atoms with Crippen molar-refractivity contribution in [1.29, 1.82) is 0 Å². The highest BCUT2D eigenvalue weighted by Crippen LogP contribution is 2.24. The van der Waals surface area contributed by atoms with Gasteiger partial charge in [-0.05, 0) is 45.4 Å². The highest BCUT2D eigenvalue weighted by molar-refractivity contribution is 6.07. The van der Waals surface area contributed by atoms with E-state index in [9.17, 15) is 9.59 Å². The molecule has 0 saturated heterocycles. The van der Waals surface area contributed by atoms with Crippen LogP contribution >= 0.6 is 0 Å². The van der Waals surface area contributed by atoms with Gasteiger partial charge in [0.25, 0.3) is 5.91 Å². The second kappa shape index (κ2) is 6.05. The third-order valence-electron chi connectivity index (χ3n) is 3.70. The van der Waals surface area contributed by atoms with Crippen LogP contribution in [0.25, 0.3) is 0 Å². The molecule has 5 heteroatoms. The minimum absolute atomic E-state index is 0.253. The Balaban J connectivity index is 2.34. The second-order valence-electron chi connectivity index (χ2n) is 5.19. The summed E-state index contributed by atoms with van der Waals surface area (Å²) >= 11 is 0. The molecule has 0 fully saturated rings. The summed E-state index contributed by atoms with van der Waals surface area (Å²) in [5, 5.41) is 2.83. The summed E-state index contributed by atoms with van der Waals surface area (Å²) in [5.41, 5.74) is 3.17. The molecule has 0 saturated carbocycles. The second-order valence-corrected chi connectivity index (χ2v) is 5.19. The zero-order chi connectivity index (χ0) is 16.4. The minimum Gasteiger partial charge on any atom is -0.466 e. The monoisotopic (exact) mass is 301 g/mol. The Morgan fingerprint density at radius 1 is 1.09 bits per heavy atom. The van der Waals surface area contributed by atoms with Crippen molar-refractivity contribution in [1.82, 2.24) is 0 Å². The summed E-state index contributed by atoms with van der Waals surface area (Å²) in [6.07, 6.45) is 0. The first-order valence-corrected chi connectivity index (χ1v) is 6.92. The summed E-state index contributed by atoms with van der Waals surface area (Å²) in [4.78, 5) is 24.1. The smallest absolute Gasteiger partial charge is 0.337 e. The Kier molecular flexibility index (Phi) is 4.35. The van der Waals surface area contributed by atoms with E-state index < -0.39 is 5.97 Å². The predicted octanol–water partition coefficient (Wildman–Crippen LogP) is 3.55. The summed E-state index contributed by atoms with van der Waals surface area (Å²) in [6.45, 7) is 7.28. The van der Waals surface area contributed by atoms with Gasteiger partial charge in [0.15, 0.2) is 0 Å². The average Bonchev–Trinajstić information content (AvgIpc) is 2.73. The Labute approximate surface area is 129 Å². The predicted molar refractivity (Wildman–Crippen MR) is 83.4 cm³/mol. The van der Waals surface area contributed by atoms with Gasteiger partial charge in [0.1, 0.15) is 11.5 Å². The van der Waals surface area contributed by atoms with Crippen LogP contribution in [0.4, 0.5) is 5.69 Å². The van der Waals surface area contributed by atoms with Gasteiger partial charge in [0.2, 0.25) is 0 Å². The lowest BCUT2D eigenvalue weighted by molar-refractivity contribution is 0.0600. The molecule has 0 bridgehead atoms. The topological polar surface area (TPSA) is 68.5 Å². The van der Waals surface area contributed by atoms with E-state index in [1.54, 1.807) is 25.1 Å². The van der Waals surface area contributed by atoms with Gasteiger partial charge in [0, 0.05) is 11.3 Å². The van der Waals surface area contributed by atoms with Crippen molar-refractivity contribution in [2.24, 2.45) is 0 Å². The fourth-order valence-corrected chi connectivity index (χ4v) is 2.31. The normalized spacial score (nSPS) is 10.4. The van der Waals surface area contributed by atoms with Crippen LogP contribution < -0.4 is 5.32 Å². The summed E-state index contributed by atoms with van der Waals surface area (Å²) in [7, 11) is 1.32. The standard InChI is InChI=1S/C17H19NO4/c1-9-6-7-13(17(20)21-5)8-14(9)18-16(19)15-10(2)11(3)22-12(15)4/h6-8H,1-5H3,(H,18,19). The SMILES string of the molecule is COC(=O)c1ccc(C)c(NC(=O)c2c(C)oc(C)c2C)c1. The van der Waals surface area contributed by atoms with Gasteiger partial charge < -0.3 is 14.5 Å². The molecule has 0 spiro atoms. The van der Waals surface area contributed by atoms with Crippen LogP contribution in [-0.4, -0.2) is 19.0 Å². The molecule has 1 heterocycles. The maximum atomic E-state index is 12.5. The van der Waals surface area contributed by atoms with Gasteiger partial charge in [-0.25, -0.2) is 4.79 Å². The first-order valence-electron chi connectivity index (χ1n) is 6.92. The lowest BCUT2D eigenvalue weighted by atomic mass is 10.1. The van der Waals surface area contributed by atoms with Crippen molar-refractivity contribution in [3.05, 3.63) is 52.0 Å². The molecule has 1 amide bonds. The molecule has 0 atom stereocenters. The van der Waals surface area contributed by atoms with Gasteiger partial charge >= 0.3 is 5.97 Å². The number of amides is 1. The maximum absolute atomic E-state index is 12.5. The van der Waals surface area contributed by atoms with Crippen molar-refractivity contribution in [3.8, 4) is 0 Å². The molecule has 2 aromatic rings. The minimum atomic E-state index is -0.443. The Morgan fingerprint density at radius 2 is 1.77 bits per heavy atom. The number of furan rings is 1. The van der Waals surface area contributed by atoms with Crippen LogP contribution in [0.3, 0.4) is 0 Å². The van der Waals surface area contributed by atoms with Gasteiger partial charge in [-0.3, -0.25) is 4.79 Å². The molecule has 22 heavy (non-hydrogen) atoms. The first kappa shape index (κ1) is 15.8. The lowest BCUT2D eigenvalue weighted by Crippen LogP contribution is -2.15. The van der Waals surface area contributed by atoms with Crippen molar-refractivity contribution >= 4 is 17.6 Å². The first-order chi connectivity index (χ1) is 10.3. The molecule has 0 aliphatic rings. The molecular formula is C17H19NO4. The number of rotatable bonds is 3. The van der Waals surface area contributed by atoms with Crippen LogP contribution in [0, 0.1) is 27.7 Å². The Bertz CT molecular complexity index is 743. The number of benzene rings is 1. The summed E-state index contributed by atoms with van der Waals surface area (Å²) in [5.74, 6) is 0.607. The molecule has 1 aromatic heterocycles. The average molecular weight is 301 g/mol. The van der Waals surface area contributed by atoms with Crippen LogP contribution in [0.2, 0.25) is 0 Å². The van der Waals surface area contributed by atoms with Crippen LogP contribution in [-0.2, 0) is 4.74 Å². The number of carbonyl (C=O) groups excluding carboxylic acids is 2. The highest BCUT2D eigenvalue weighted by atomic mass is 16.5. The molecule has 1 N–H and O–H groups in total. The fourth-order valence-electron chi connectivity index (χ4n) is 2.31. The van der Waals surface area contributed by atoms with E-state index in [2.05, 4.69) is 5.32 Å². The lowest BCUT2D eigenvalue weighted by Gasteiger charge is -2.10. The van der Waals surface area contributed by atoms with Gasteiger partial charge in [0.05, 0.1) is 18.2 Å². The zero-order valence-corrected chi connectivity index (χ0v) is 13.4.